The van der Waals surface area contributed by atoms with Gasteiger partial charge in [-0.1, -0.05) is 13.8 Å². The number of aromatic nitrogens is 2. The number of H-pyrrole nitrogens is 1. The lowest BCUT2D eigenvalue weighted by Crippen LogP contribution is -2.34. The Kier molecular flexibility index (Phi) is 4.87. The molecule has 106 valence electrons. The van der Waals surface area contributed by atoms with E-state index in [4.69, 9.17) is 10.5 Å². The van der Waals surface area contributed by atoms with Crippen molar-refractivity contribution in [1.29, 1.82) is 0 Å². The van der Waals surface area contributed by atoms with E-state index in [0.717, 1.165) is 4.57 Å². The Hall–Kier alpha value is -2.09. The van der Waals surface area contributed by atoms with Crippen LogP contribution < -0.4 is 17.0 Å². The van der Waals surface area contributed by atoms with E-state index in [1.54, 1.807) is 13.8 Å². The largest absolute Gasteiger partial charge is 0.494 e. The van der Waals surface area contributed by atoms with Crippen LogP contribution in [0.2, 0.25) is 0 Å². The Labute approximate surface area is 108 Å². The molecule has 19 heavy (non-hydrogen) atoms. The first kappa shape index (κ1) is 15.0. The lowest BCUT2D eigenvalue weighted by molar-refractivity contribution is -0.122. The second kappa shape index (κ2) is 6.19. The number of carbonyl (C=O) groups is 1. The number of nitrogens with zero attached hydrogens (tertiary/aromatic N) is 1. The zero-order valence-corrected chi connectivity index (χ0v) is 10.8. The number of ether oxygens (including phenoxy) is 1. The number of nitrogens with two attached hydrogens (primary N) is 1. The van der Waals surface area contributed by atoms with Gasteiger partial charge in [0, 0.05) is 0 Å². The molecule has 0 saturated carbocycles. The number of hydrogen-bond acceptors (Lipinski definition) is 5. The van der Waals surface area contributed by atoms with E-state index in [0.29, 0.717) is 0 Å². The number of nitrogens with one attached hydrogen (secondary N) is 1. The molecule has 0 fully saturated rings. The molecule has 4 N–H and O–H groups in total. The van der Waals surface area contributed by atoms with Crippen LogP contribution in [0, 0.1) is 0 Å². The molecule has 0 aromatic carbocycles. The highest BCUT2D eigenvalue weighted by Gasteiger charge is 2.16. The van der Waals surface area contributed by atoms with Crippen LogP contribution in [0.15, 0.2) is 9.59 Å². The van der Waals surface area contributed by atoms with Gasteiger partial charge in [0.2, 0.25) is 11.8 Å². The lowest BCUT2D eigenvalue weighted by Gasteiger charge is -2.13. The summed E-state index contributed by atoms with van der Waals surface area (Å²) >= 11 is 0. The van der Waals surface area contributed by atoms with Crippen molar-refractivity contribution in [3.05, 3.63) is 26.4 Å². The molecule has 0 unspecified atom stereocenters. The van der Waals surface area contributed by atoms with Gasteiger partial charge in [0.05, 0.1) is 18.7 Å². The molecular weight excluding hydrogens is 254 g/mol. The van der Waals surface area contributed by atoms with Crippen LogP contribution in [0.1, 0.15) is 25.3 Å². The number of rotatable bonds is 6. The van der Waals surface area contributed by atoms with Crippen LogP contribution >= 0.6 is 0 Å². The zero-order valence-electron chi connectivity index (χ0n) is 10.8. The smallest absolute Gasteiger partial charge is 0.331 e. The van der Waals surface area contributed by atoms with Crippen molar-refractivity contribution in [3.63, 3.8) is 0 Å². The molecule has 0 radical (unpaired) electrons. The van der Waals surface area contributed by atoms with Crippen molar-refractivity contribution in [2.45, 2.75) is 26.3 Å². The fourth-order valence-corrected chi connectivity index (χ4v) is 1.63. The van der Waals surface area contributed by atoms with Gasteiger partial charge < -0.3 is 15.6 Å². The van der Waals surface area contributed by atoms with E-state index in [9.17, 15) is 19.5 Å². The highest BCUT2D eigenvalue weighted by atomic mass is 16.5. The standard InChI is InChI=1S/C11H17N3O5/c1-6(2)8-9(16)13-11(18)14(10(8)17)3-4-19-5-7(12)15/h6,17H,3-5H2,1-2H3,(H2,12,15)(H,13,16,18). The third kappa shape index (κ3) is 3.68. The Morgan fingerprint density at radius 1 is 1.47 bits per heavy atom. The first-order valence-electron chi connectivity index (χ1n) is 5.76. The molecule has 0 aliphatic rings. The van der Waals surface area contributed by atoms with Gasteiger partial charge >= 0.3 is 5.69 Å². The number of aromatic amines is 1. The SMILES string of the molecule is CC(C)c1c(O)n(CCOCC(N)=O)c(=O)[nH]c1=O. The number of amides is 1. The highest BCUT2D eigenvalue weighted by molar-refractivity contribution is 5.74. The first-order valence-corrected chi connectivity index (χ1v) is 5.76. The van der Waals surface area contributed by atoms with E-state index in [-0.39, 0.29) is 37.1 Å². The molecule has 0 saturated heterocycles. The van der Waals surface area contributed by atoms with Gasteiger partial charge in [0.25, 0.3) is 5.56 Å². The zero-order chi connectivity index (χ0) is 14.6. The lowest BCUT2D eigenvalue weighted by atomic mass is 10.1. The minimum atomic E-state index is -0.727. The number of aromatic hydroxyl groups is 1. The summed E-state index contributed by atoms with van der Waals surface area (Å²) in [6.07, 6.45) is 0. The minimum Gasteiger partial charge on any atom is -0.494 e. The summed E-state index contributed by atoms with van der Waals surface area (Å²) in [6.45, 7) is 3.20. The van der Waals surface area contributed by atoms with Gasteiger partial charge in [0.15, 0.2) is 0 Å². The highest BCUT2D eigenvalue weighted by Crippen LogP contribution is 2.19. The second-order valence-corrected chi connectivity index (χ2v) is 4.32. The molecule has 0 spiro atoms. The van der Waals surface area contributed by atoms with Crippen molar-refractivity contribution < 1.29 is 14.6 Å². The Balaban J connectivity index is 2.95. The van der Waals surface area contributed by atoms with Gasteiger partial charge in [-0.15, -0.1) is 0 Å². The third-order valence-electron chi connectivity index (χ3n) is 2.49. The average molecular weight is 271 g/mol. The summed E-state index contributed by atoms with van der Waals surface area (Å²) in [7, 11) is 0. The molecule has 1 aromatic heterocycles. The summed E-state index contributed by atoms with van der Waals surface area (Å²) in [5.74, 6) is -1.24. The van der Waals surface area contributed by atoms with Crippen LogP contribution in [-0.2, 0) is 16.1 Å². The van der Waals surface area contributed by atoms with Gasteiger partial charge in [-0.05, 0) is 5.92 Å². The average Bonchev–Trinajstić information content (AvgIpc) is 2.26. The second-order valence-electron chi connectivity index (χ2n) is 4.32. The maximum absolute atomic E-state index is 11.6. The number of carbonyl (C=O) groups excluding carboxylic acids is 1. The Bertz CT molecular complexity index is 573. The normalized spacial score (nSPS) is 10.9. The van der Waals surface area contributed by atoms with Crippen LogP contribution in [-0.4, -0.2) is 33.8 Å². The van der Waals surface area contributed by atoms with E-state index in [1.807, 2.05) is 0 Å². The summed E-state index contributed by atoms with van der Waals surface area (Å²) in [4.78, 5) is 35.7. The summed E-state index contributed by atoms with van der Waals surface area (Å²) < 4.78 is 5.89. The predicted molar refractivity (Wildman–Crippen MR) is 67.1 cm³/mol. The Morgan fingerprint density at radius 2 is 2.11 bits per heavy atom. The van der Waals surface area contributed by atoms with E-state index in [1.165, 1.54) is 0 Å². The quantitative estimate of drug-likeness (QED) is 0.564. The topological polar surface area (TPSA) is 127 Å². The van der Waals surface area contributed by atoms with Crippen LogP contribution in [0.4, 0.5) is 0 Å². The van der Waals surface area contributed by atoms with Crippen molar-refractivity contribution >= 4 is 5.91 Å². The molecule has 8 nitrogen and oxygen atoms in total. The number of hydrogen-bond donors (Lipinski definition) is 3. The van der Waals surface area contributed by atoms with Crippen LogP contribution in [0.5, 0.6) is 5.88 Å². The fraction of sp³-hybridized carbons (Fsp3) is 0.545. The molecule has 0 atom stereocenters. The van der Waals surface area contributed by atoms with Crippen molar-refractivity contribution in [2.75, 3.05) is 13.2 Å². The molecule has 0 bridgehead atoms. The fourth-order valence-electron chi connectivity index (χ4n) is 1.63. The monoisotopic (exact) mass is 271 g/mol. The molecule has 1 aromatic rings. The predicted octanol–water partition coefficient (Wildman–Crippen LogP) is -1.13. The molecule has 0 aliphatic carbocycles. The minimum absolute atomic E-state index is 0.00838. The molecule has 1 amide bonds. The number of primary amides is 1. The third-order valence-corrected chi connectivity index (χ3v) is 2.49. The molecule has 8 heteroatoms. The van der Waals surface area contributed by atoms with Gasteiger partial charge in [-0.25, -0.2) is 4.79 Å². The summed E-state index contributed by atoms with van der Waals surface area (Å²) in [5.41, 5.74) is 3.69. The first-order chi connectivity index (χ1) is 8.84. The molecule has 1 rings (SSSR count). The molecule has 1 heterocycles. The Morgan fingerprint density at radius 3 is 2.63 bits per heavy atom. The molecular formula is C11H17N3O5. The van der Waals surface area contributed by atoms with Gasteiger partial charge in [-0.3, -0.25) is 19.1 Å². The summed E-state index contributed by atoms with van der Waals surface area (Å²) in [6, 6.07) is 0. The van der Waals surface area contributed by atoms with Crippen molar-refractivity contribution in [1.82, 2.24) is 9.55 Å². The van der Waals surface area contributed by atoms with Gasteiger partial charge in [-0.2, -0.15) is 0 Å². The van der Waals surface area contributed by atoms with Crippen LogP contribution in [0.25, 0.3) is 0 Å². The van der Waals surface area contributed by atoms with E-state index < -0.39 is 17.2 Å². The van der Waals surface area contributed by atoms with E-state index >= 15 is 0 Å². The maximum Gasteiger partial charge on any atom is 0.331 e. The van der Waals surface area contributed by atoms with Crippen molar-refractivity contribution in [3.8, 4) is 5.88 Å². The summed E-state index contributed by atoms with van der Waals surface area (Å²) in [5, 5.41) is 9.93. The van der Waals surface area contributed by atoms with Crippen molar-refractivity contribution in [2.24, 2.45) is 5.73 Å². The molecule has 0 aliphatic heterocycles. The maximum atomic E-state index is 11.6. The van der Waals surface area contributed by atoms with E-state index in [2.05, 4.69) is 4.98 Å². The van der Waals surface area contributed by atoms with Crippen LogP contribution in [0.3, 0.4) is 0 Å². The van der Waals surface area contributed by atoms with Gasteiger partial charge in [0.1, 0.15) is 6.61 Å².